The molecule has 34 heavy (non-hydrogen) atoms. The van der Waals surface area contributed by atoms with Gasteiger partial charge in [0.15, 0.2) is 0 Å². The van der Waals surface area contributed by atoms with E-state index in [1.165, 1.54) is 11.1 Å². The fraction of sp³-hybridized carbons (Fsp3) is 0.423. The number of rotatable bonds is 11. The predicted octanol–water partition coefficient (Wildman–Crippen LogP) is 3.28. The monoisotopic (exact) mass is 468 g/mol. The number of fused-ring (bicyclic) bond motifs is 3. The van der Waals surface area contributed by atoms with Gasteiger partial charge in [-0.2, -0.15) is 0 Å². The summed E-state index contributed by atoms with van der Waals surface area (Å²) in [5.74, 6) is -2.10. The molecule has 8 heteroatoms. The molecule has 1 aliphatic carbocycles. The molecule has 0 saturated heterocycles. The second-order valence-electron chi connectivity index (χ2n) is 8.78. The van der Waals surface area contributed by atoms with E-state index in [1.54, 1.807) is 6.92 Å². The van der Waals surface area contributed by atoms with Crippen LogP contribution >= 0.6 is 0 Å². The maximum absolute atomic E-state index is 12.4. The molecule has 2 amide bonds. The second-order valence-corrected chi connectivity index (χ2v) is 8.78. The molecule has 0 radical (unpaired) electrons. The number of benzene rings is 2. The highest BCUT2D eigenvalue weighted by Gasteiger charge is 2.29. The molecule has 0 fully saturated rings. The summed E-state index contributed by atoms with van der Waals surface area (Å²) in [5, 5.41) is 23.1. The van der Waals surface area contributed by atoms with Crippen molar-refractivity contribution in [3.05, 3.63) is 59.7 Å². The van der Waals surface area contributed by atoms with Crippen molar-refractivity contribution in [2.75, 3.05) is 13.2 Å². The number of carboxylic acid groups (broad SMARTS) is 1. The van der Waals surface area contributed by atoms with Crippen molar-refractivity contribution in [2.24, 2.45) is 5.92 Å². The molecule has 182 valence electrons. The van der Waals surface area contributed by atoms with Crippen LogP contribution in [0.25, 0.3) is 11.1 Å². The van der Waals surface area contributed by atoms with E-state index in [0.717, 1.165) is 11.1 Å². The molecule has 0 spiro atoms. The van der Waals surface area contributed by atoms with Crippen LogP contribution in [0.4, 0.5) is 4.79 Å². The third-order valence-corrected chi connectivity index (χ3v) is 6.23. The van der Waals surface area contributed by atoms with E-state index < -0.39 is 36.5 Å². The van der Waals surface area contributed by atoms with Gasteiger partial charge in [-0.1, -0.05) is 61.9 Å². The van der Waals surface area contributed by atoms with Gasteiger partial charge in [0.25, 0.3) is 0 Å². The summed E-state index contributed by atoms with van der Waals surface area (Å²) in [4.78, 5) is 35.4. The van der Waals surface area contributed by atoms with E-state index in [2.05, 4.69) is 34.9 Å². The molecule has 0 bridgehead atoms. The Morgan fingerprint density at radius 2 is 1.53 bits per heavy atom. The zero-order chi connectivity index (χ0) is 24.7. The quantitative estimate of drug-likeness (QED) is 0.401. The van der Waals surface area contributed by atoms with Gasteiger partial charge < -0.3 is 25.6 Å². The topological polar surface area (TPSA) is 125 Å². The lowest BCUT2D eigenvalue weighted by Gasteiger charge is -2.18. The number of aliphatic hydroxyl groups is 1. The first-order valence-electron chi connectivity index (χ1n) is 11.6. The summed E-state index contributed by atoms with van der Waals surface area (Å²) < 4.78 is 5.56. The zero-order valence-electron chi connectivity index (χ0n) is 19.5. The highest BCUT2D eigenvalue weighted by atomic mass is 16.5. The van der Waals surface area contributed by atoms with Gasteiger partial charge in [-0.3, -0.25) is 4.79 Å². The van der Waals surface area contributed by atoms with Crippen molar-refractivity contribution < 1.29 is 29.3 Å². The van der Waals surface area contributed by atoms with Crippen LogP contribution in [0.15, 0.2) is 48.5 Å². The summed E-state index contributed by atoms with van der Waals surface area (Å²) in [6.45, 7) is 3.17. The standard InChI is InChI=1S/C26H32N2O6/c1-16(24(30)28-23(14-29)25(31)32)8-7-9-17(2)27-26(33)34-15-22-20-12-5-3-10-18(20)19-11-4-6-13-21(19)22/h3-6,10-13,16-17,22-23,29H,7-9,14-15H2,1-2H3,(H,27,33)(H,28,30)(H,31,32)/t16?,17?,23-/m1/s1. The first-order valence-corrected chi connectivity index (χ1v) is 11.6. The van der Waals surface area contributed by atoms with Crippen LogP contribution in [-0.4, -0.2) is 53.5 Å². The number of carboxylic acids is 1. The smallest absolute Gasteiger partial charge is 0.407 e. The third-order valence-electron chi connectivity index (χ3n) is 6.23. The van der Waals surface area contributed by atoms with Crippen LogP contribution < -0.4 is 10.6 Å². The molecule has 1 aliphatic rings. The molecule has 0 aliphatic heterocycles. The maximum atomic E-state index is 12.4. The Bertz CT molecular complexity index is 978. The summed E-state index contributed by atoms with van der Waals surface area (Å²) >= 11 is 0. The Balaban J connectivity index is 1.42. The number of carbonyl (C=O) groups is 3. The Labute approximate surface area is 199 Å². The van der Waals surface area contributed by atoms with Crippen LogP contribution in [-0.2, 0) is 14.3 Å². The number of aliphatic carboxylic acids is 1. The van der Waals surface area contributed by atoms with Crippen molar-refractivity contribution in [1.82, 2.24) is 10.6 Å². The predicted molar refractivity (Wildman–Crippen MR) is 127 cm³/mol. The summed E-state index contributed by atoms with van der Waals surface area (Å²) in [6, 6.07) is 14.9. The Kier molecular flexibility index (Phi) is 8.65. The Morgan fingerprint density at radius 1 is 0.941 bits per heavy atom. The van der Waals surface area contributed by atoms with Gasteiger partial charge in [0.05, 0.1) is 6.61 Å². The van der Waals surface area contributed by atoms with E-state index in [9.17, 15) is 14.4 Å². The number of carbonyl (C=O) groups excluding carboxylic acids is 2. The number of alkyl carbamates (subject to hydrolysis) is 1. The fourth-order valence-electron chi connectivity index (χ4n) is 4.27. The molecule has 3 atom stereocenters. The largest absolute Gasteiger partial charge is 0.480 e. The number of aliphatic hydroxyl groups excluding tert-OH is 1. The van der Waals surface area contributed by atoms with Crippen LogP contribution in [0.5, 0.6) is 0 Å². The molecule has 4 N–H and O–H groups in total. The van der Waals surface area contributed by atoms with Crippen LogP contribution in [0.2, 0.25) is 0 Å². The molecular weight excluding hydrogens is 436 g/mol. The maximum Gasteiger partial charge on any atom is 0.407 e. The van der Waals surface area contributed by atoms with Crippen LogP contribution in [0.1, 0.15) is 50.2 Å². The van der Waals surface area contributed by atoms with E-state index in [1.807, 2.05) is 31.2 Å². The fourth-order valence-corrected chi connectivity index (χ4v) is 4.27. The first kappa shape index (κ1) is 25.2. The molecule has 3 rings (SSSR count). The van der Waals surface area contributed by atoms with E-state index in [0.29, 0.717) is 19.3 Å². The van der Waals surface area contributed by atoms with Gasteiger partial charge in [0, 0.05) is 17.9 Å². The summed E-state index contributed by atoms with van der Waals surface area (Å²) in [7, 11) is 0. The van der Waals surface area contributed by atoms with Crippen molar-refractivity contribution in [1.29, 1.82) is 0 Å². The summed E-state index contributed by atoms with van der Waals surface area (Å²) in [6.07, 6.45) is 1.35. The highest BCUT2D eigenvalue weighted by molar-refractivity contribution is 5.84. The zero-order valence-corrected chi connectivity index (χ0v) is 19.5. The number of nitrogens with one attached hydrogen (secondary N) is 2. The number of amides is 2. The van der Waals surface area contributed by atoms with Crippen molar-refractivity contribution in [2.45, 2.75) is 51.1 Å². The van der Waals surface area contributed by atoms with E-state index in [-0.39, 0.29) is 18.6 Å². The molecule has 2 unspecified atom stereocenters. The number of hydrogen-bond acceptors (Lipinski definition) is 5. The molecule has 0 aromatic heterocycles. The first-order chi connectivity index (χ1) is 16.3. The number of ether oxygens (including phenoxy) is 1. The van der Waals surface area contributed by atoms with Gasteiger partial charge >= 0.3 is 12.1 Å². The third kappa shape index (κ3) is 6.14. The molecule has 2 aromatic carbocycles. The van der Waals surface area contributed by atoms with Crippen molar-refractivity contribution in [3.8, 4) is 11.1 Å². The molecule has 2 aromatic rings. The Hall–Kier alpha value is -3.39. The van der Waals surface area contributed by atoms with Gasteiger partial charge in [-0.05, 0) is 42.0 Å². The lowest BCUT2D eigenvalue weighted by atomic mass is 9.98. The van der Waals surface area contributed by atoms with Gasteiger partial charge in [0.1, 0.15) is 12.6 Å². The minimum atomic E-state index is -1.30. The summed E-state index contributed by atoms with van der Waals surface area (Å²) in [5.41, 5.74) is 4.66. The lowest BCUT2D eigenvalue weighted by Crippen LogP contribution is -2.45. The molecule has 0 heterocycles. The van der Waals surface area contributed by atoms with Crippen molar-refractivity contribution >= 4 is 18.0 Å². The second kappa shape index (κ2) is 11.7. The van der Waals surface area contributed by atoms with Crippen LogP contribution in [0.3, 0.4) is 0 Å². The normalized spacial score (nSPS) is 14.9. The lowest BCUT2D eigenvalue weighted by molar-refractivity contribution is -0.143. The van der Waals surface area contributed by atoms with Crippen LogP contribution in [0, 0.1) is 5.92 Å². The van der Waals surface area contributed by atoms with Gasteiger partial charge in [0.2, 0.25) is 5.91 Å². The Morgan fingerprint density at radius 3 is 2.09 bits per heavy atom. The minimum Gasteiger partial charge on any atom is -0.480 e. The number of hydrogen-bond donors (Lipinski definition) is 4. The SMILES string of the molecule is CC(CCCC(C)C(=O)N[C@H](CO)C(=O)O)NC(=O)OCC1c2ccccc2-c2ccccc21. The molecule has 8 nitrogen and oxygen atoms in total. The highest BCUT2D eigenvalue weighted by Crippen LogP contribution is 2.44. The van der Waals surface area contributed by atoms with E-state index in [4.69, 9.17) is 14.9 Å². The van der Waals surface area contributed by atoms with Gasteiger partial charge in [-0.25, -0.2) is 9.59 Å². The molecular formula is C26H32N2O6. The van der Waals surface area contributed by atoms with Crippen molar-refractivity contribution in [3.63, 3.8) is 0 Å². The average Bonchev–Trinajstić information content (AvgIpc) is 3.14. The average molecular weight is 469 g/mol. The minimum absolute atomic E-state index is 0.00127. The van der Waals surface area contributed by atoms with Gasteiger partial charge in [-0.15, -0.1) is 0 Å². The van der Waals surface area contributed by atoms with E-state index >= 15 is 0 Å². The molecule has 0 saturated carbocycles.